The minimum Gasteiger partial charge on any atom is -0.463 e. The number of amides is 1. The first-order chi connectivity index (χ1) is 12.3. The molecule has 25 heavy (non-hydrogen) atoms. The summed E-state index contributed by atoms with van der Waals surface area (Å²) < 4.78 is 5.35. The van der Waals surface area contributed by atoms with Gasteiger partial charge in [0.2, 0.25) is 0 Å². The molecule has 0 aliphatic heterocycles. The van der Waals surface area contributed by atoms with E-state index in [1.807, 2.05) is 54.6 Å². The number of nitrogens with one attached hydrogen (secondary N) is 1. The molecule has 3 aromatic heterocycles. The van der Waals surface area contributed by atoms with Gasteiger partial charge in [0.25, 0.3) is 5.91 Å². The van der Waals surface area contributed by atoms with Gasteiger partial charge in [-0.05, 0) is 42.0 Å². The summed E-state index contributed by atoms with van der Waals surface area (Å²) in [6.07, 6.45) is 3.31. The van der Waals surface area contributed by atoms with E-state index in [0.29, 0.717) is 18.0 Å². The van der Waals surface area contributed by atoms with Crippen LogP contribution < -0.4 is 5.32 Å². The summed E-state index contributed by atoms with van der Waals surface area (Å²) in [6, 6.07) is 18.8. The van der Waals surface area contributed by atoms with Crippen molar-refractivity contribution in [2.45, 2.75) is 6.54 Å². The number of furan rings is 1. The van der Waals surface area contributed by atoms with Gasteiger partial charge in [-0.25, -0.2) is 4.98 Å². The Morgan fingerprint density at radius 3 is 2.84 bits per heavy atom. The fourth-order valence-corrected chi connectivity index (χ4v) is 2.61. The first-order valence-corrected chi connectivity index (χ1v) is 7.92. The zero-order chi connectivity index (χ0) is 17.1. The third-order valence-corrected chi connectivity index (χ3v) is 3.88. The highest BCUT2D eigenvalue weighted by Crippen LogP contribution is 2.18. The van der Waals surface area contributed by atoms with Crippen LogP contribution in [0.1, 0.15) is 16.1 Å². The summed E-state index contributed by atoms with van der Waals surface area (Å²) >= 11 is 0. The van der Waals surface area contributed by atoms with E-state index in [1.165, 1.54) is 0 Å². The zero-order valence-electron chi connectivity index (χ0n) is 13.3. The van der Waals surface area contributed by atoms with E-state index >= 15 is 0 Å². The van der Waals surface area contributed by atoms with Gasteiger partial charge in [-0.1, -0.05) is 24.3 Å². The number of carbonyl (C=O) groups is 1. The van der Waals surface area contributed by atoms with E-state index in [-0.39, 0.29) is 5.91 Å². The summed E-state index contributed by atoms with van der Waals surface area (Å²) in [7, 11) is 0. The third kappa shape index (κ3) is 3.26. The Labute approximate surface area is 144 Å². The second-order valence-electron chi connectivity index (χ2n) is 5.60. The number of fused-ring (bicyclic) bond motifs is 1. The Hall–Kier alpha value is -3.47. The second kappa shape index (κ2) is 6.57. The minimum absolute atomic E-state index is 0.206. The topological polar surface area (TPSA) is 68.0 Å². The van der Waals surface area contributed by atoms with Gasteiger partial charge in [-0.3, -0.25) is 9.78 Å². The van der Waals surface area contributed by atoms with Crippen molar-refractivity contribution in [2.24, 2.45) is 0 Å². The normalized spacial score (nSPS) is 10.7. The maximum Gasteiger partial charge on any atom is 0.270 e. The van der Waals surface area contributed by atoms with Gasteiger partial charge in [0.05, 0.1) is 11.8 Å². The number of nitrogens with zero attached hydrogens (tertiary/aromatic N) is 2. The van der Waals surface area contributed by atoms with Crippen LogP contribution in [0.2, 0.25) is 0 Å². The molecule has 4 aromatic rings. The van der Waals surface area contributed by atoms with Crippen molar-refractivity contribution < 1.29 is 9.21 Å². The predicted octanol–water partition coefficient (Wildman–Crippen LogP) is 3.82. The van der Waals surface area contributed by atoms with E-state index in [1.54, 1.807) is 18.5 Å². The summed E-state index contributed by atoms with van der Waals surface area (Å²) in [5.74, 6) is 0.492. The number of benzene rings is 1. The monoisotopic (exact) mass is 329 g/mol. The van der Waals surface area contributed by atoms with Gasteiger partial charge >= 0.3 is 0 Å². The summed E-state index contributed by atoms with van der Waals surface area (Å²) in [4.78, 5) is 21.1. The Morgan fingerprint density at radius 1 is 1.04 bits per heavy atom. The summed E-state index contributed by atoms with van der Waals surface area (Å²) in [5, 5.41) is 3.90. The number of para-hydroxylation sites is 1. The SMILES string of the molecule is O=C(NCc1ccnc(-c2ccco2)c1)c1ccc2ccccc2n1. The molecular weight excluding hydrogens is 314 g/mol. The quantitative estimate of drug-likeness (QED) is 0.618. The van der Waals surface area contributed by atoms with Gasteiger partial charge in [-0.15, -0.1) is 0 Å². The van der Waals surface area contributed by atoms with Crippen molar-refractivity contribution in [1.29, 1.82) is 0 Å². The lowest BCUT2D eigenvalue weighted by molar-refractivity contribution is 0.0946. The molecule has 0 saturated carbocycles. The molecule has 0 radical (unpaired) electrons. The van der Waals surface area contributed by atoms with Gasteiger partial charge in [0, 0.05) is 18.1 Å². The highest BCUT2D eigenvalue weighted by atomic mass is 16.3. The molecule has 122 valence electrons. The average molecular weight is 329 g/mol. The Morgan fingerprint density at radius 2 is 1.96 bits per heavy atom. The Kier molecular flexibility index (Phi) is 3.96. The van der Waals surface area contributed by atoms with Crippen LogP contribution in [0.5, 0.6) is 0 Å². The van der Waals surface area contributed by atoms with Gasteiger partial charge in [0.1, 0.15) is 11.4 Å². The van der Waals surface area contributed by atoms with Crippen LogP contribution in [-0.2, 0) is 6.54 Å². The smallest absolute Gasteiger partial charge is 0.270 e. The van der Waals surface area contributed by atoms with E-state index in [9.17, 15) is 4.79 Å². The minimum atomic E-state index is -0.206. The highest BCUT2D eigenvalue weighted by Gasteiger charge is 2.09. The average Bonchev–Trinajstić information content (AvgIpc) is 3.21. The number of carbonyl (C=O) groups excluding carboxylic acids is 1. The lowest BCUT2D eigenvalue weighted by Crippen LogP contribution is -2.23. The van der Waals surface area contributed by atoms with Crippen molar-refractivity contribution in [3.05, 3.63) is 84.4 Å². The van der Waals surface area contributed by atoms with Crippen LogP contribution in [0.4, 0.5) is 0 Å². The summed E-state index contributed by atoms with van der Waals surface area (Å²) in [6.45, 7) is 0.392. The lowest BCUT2D eigenvalue weighted by Gasteiger charge is -2.07. The first-order valence-electron chi connectivity index (χ1n) is 7.92. The van der Waals surface area contributed by atoms with E-state index in [2.05, 4.69) is 15.3 Å². The van der Waals surface area contributed by atoms with Crippen LogP contribution >= 0.6 is 0 Å². The van der Waals surface area contributed by atoms with Crippen molar-refractivity contribution in [1.82, 2.24) is 15.3 Å². The van der Waals surface area contributed by atoms with Crippen molar-refractivity contribution in [3.8, 4) is 11.5 Å². The zero-order valence-corrected chi connectivity index (χ0v) is 13.3. The Balaban J connectivity index is 1.48. The molecule has 0 unspecified atom stereocenters. The molecular formula is C20H15N3O2. The number of rotatable bonds is 4. The van der Waals surface area contributed by atoms with Crippen LogP contribution in [-0.4, -0.2) is 15.9 Å². The fraction of sp³-hybridized carbons (Fsp3) is 0.0500. The largest absolute Gasteiger partial charge is 0.463 e. The van der Waals surface area contributed by atoms with E-state index < -0.39 is 0 Å². The van der Waals surface area contributed by atoms with Gasteiger partial charge in [-0.2, -0.15) is 0 Å². The molecule has 5 heteroatoms. The summed E-state index contributed by atoms with van der Waals surface area (Å²) in [5.41, 5.74) is 2.88. The number of aromatic nitrogens is 2. The molecule has 0 spiro atoms. The molecule has 3 heterocycles. The molecule has 0 fully saturated rings. The molecule has 0 saturated heterocycles. The van der Waals surface area contributed by atoms with Crippen LogP contribution in [0.15, 0.2) is 77.5 Å². The standard InChI is InChI=1S/C20H15N3O2/c24-20(17-8-7-15-4-1-2-5-16(15)23-17)22-13-14-9-10-21-18(12-14)19-6-3-11-25-19/h1-12H,13H2,(H,22,24). The molecule has 5 nitrogen and oxygen atoms in total. The molecule has 4 rings (SSSR count). The maximum atomic E-state index is 12.4. The van der Waals surface area contributed by atoms with Crippen LogP contribution in [0.25, 0.3) is 22.4 Å². The molecule has 0 bridgehead atoms. The van der Waals surface area contributed by atoms with E-state index in [4.69, 9.17) is 4.42 Å². The molecule has 1 amide bonds. The highest BCUT2D eigenvalue weighted by molar-refractivity contribution is 5.94. The van der Waals surface area contributed by atoms with Gasteiger partial charge < -0.3 is 9.73 Å². The van der Waals surface area contributed by atoms with Crippen LogP contribution in [0, 0.1) is 0 Å². The fourth-order valence-electron chi connectivity index (χ4n) is 2.61. The maximum absolute atomic E-state index is 12.4. The van der Waals surface area contributed by atoms with Gasteiger partial charge in [0.15, 0.2) is 5.76 Å². The first kappa shape index (κ1) is 15.1. The number of hydrogen-bond acceptors (Lipinski definition) is 4. The van der Waals surface area contributed by atoms with Crippen molar-refractivity contribution in [3.63, 3.8) is 0 Å². The van der Waals surface area contributed by atoms with Crippen molar-refractivity contribution >= 4 is 16.8 Å². The molecule has 0 aliphatic rings. The lowest BCUT2D eigenvalue weighted by atomic mass is 10.2. The van der Waals surface area contributed by atoms with Crippen LogP contribution in [0.3, 0.4) is 0 Å². The van der Waals surface area contributed by atoms with Crippen molar-refractivity contribution in [2.75, 3.05) is 0 Å². The Bertz CT molecular complexity index is 1030. The third-order valence-electron chi connectivity index (χ3n) is 3.88. The molecule has 0 aliphatic carbocycles. The number of pyridine rings is 2. The predicted molar refractivity (Wildman–Crippen MR) is 94.9 cm³/mol. The molecule has 1 N–H and O–H groups in total. The van der Waals surface area contributed by atoms with E-state index in [0.717, 1.165) is 22.2 Å². The molecule has 0 atom stereocenters. The number of hydrogen-bond donors (Lipinski definition) is 1. The second-order valence-corrected chi connectivity index (χ2v) is 5.60. The molecule has 1 aromatic carbocycles.